The molecule has 0 aliphatic rings. The van der Waals surface area contributed by atoms with E-state index in [1.165, 1.54) is 77.0 Å². The summed E-state index contributed by atoms with van der Waals surface area (Å²) in [5.41, 5.74) is 0. The normalized spacial score (nSPS) is 11.5. The molecule has 1 amide bonds. The molecule has 30 heavy (non-hydrogen) atoms. The Morgan fingerprint density at radius 2 is 1.07 bits per heavy atom. The number of amides is 1. The van der Waals surface area contributed by atoms with Crippen molar-refractivity contribution >= 4 is 17.8 Å². The second-order valence-corrected chi connectivity index (χ2v) is 8.05. The number of rotatable bonds is 21. The van der Waals surface area contributed by atoms with E-state index in [2.05, 4.69) is 12.2 Å². The van der Waals surface area contributed by atoms with Gasteiger partial charge in [-0.2, -0.15) is 0 Å². The summed E-state index contributed by atoms with van der Waals surface area (Å²) in [7, 11) is 0. The zero-order chi connectivity index (χ0) is 21.7. The summed E-state index contributed by atoms with van der Waals surface area (Å²) < 4.78 is 0. The van der Waals surface area contributed by atoms with Crippen LogP contribution in [0.25, 0.3) is 0 Å². The van der Waals surface area contributed by atoms with Gasteiger partial charge < -0.3 is 25.1 Å². The molecular weight excluding hydrogens is 393 g/mol. The summed E-state index contributed by atoms with van der Waals surface area (Å²) >= 11 is 0. The van der Waals surface area contributed by atoms with Crippen LogP contribution in [0.3, 0.4) is 0 Å². The average Bonchev–Trinajstić information content (AvgIpc) is 2.67. The minimum atomic E-state index is -1.46. The molecule has 0 radical (unpaired) electrons. The van der Waals surface area contributed by atoms with Crippen LogP contribution in [0, 0.1) is 0 Å². The molecule has 0 spiro atoms. The molecule has 1 atom stereocenters. The van der Waals surface area contributed by atoms with Crippen molar-refractivity contribution in [1.82, 2.24) is 5.32 Å². The van der Waals surface area contributed by atoms with Gasteiger partial charge in [-0.3, -0.25) is 4.79 Å². The largest absolute Gasteiger partial charge is 1.00 e. The van der Waals surface area contributed by atoms with E-state index < -0.39 is 24.4 Å². The van der Waals surface area contributed by atoms with Gasteiger partial charge in [0.1, 0.15) is 0 Å². The number of aliphatic carboxylic acids is 2. The maximum Gasteiger partial charge on any atom is 1.00 e. The fraction of sp³-hybridized carbons (Fsp3) is 0.870. The quantitative estimate of drug-likeness (QED) is 0.202. The molecule has 170 valence electrons. The van der Waals surface area contributed by atoms with Crippen molar-refractivity contribution in [3.05, 3.63) is 0 Å². The van der Waals surface area contributed by atoms with Gasteiger partial charge in [0.25, 0.3) is 0 Å². The Morgan fingerprint density at radius 3 is 1.43 bits per heavy atom. The van der Waals surface area contributed by atoms with E-state index in [1.807, 2.05) is 0 Å². The second-order valence-electron chi connectivity index (χ2n) is 8.05. The van der Waals surface area contributed by atoms with Crippen molar-refractivity contribution in [2.45, 2.75) is 129 Å². The number of hydrogen-bond donors (Lipinski definition) is 1. The van der Waals surface area contributed by atoms with Gasteiger partial charge >= 0.3 is 29.6 Å². The first-order valence-electron chi connectivity index (χ1n) is 11.7. The molecule has 0 aromatic rings. The Labute approximate surface area is 205 Å². The number of carbonyl (C=O) groups is 3. The van der Waals surface area contributed by atoms with Crippen LogP contribution in [0.1, 0.15) is 122 Å². The van der Waals surface area contributed by atoms with Crippen LogP contribution in [-0.4, -0.2) is 23.9 Å². The fourth-order valence-corrected chi connectivity index (χ4v) is 3.43. The summed E-state index contributed by atoms with van der Waals surface area (Å²) in [5.74, 6) is -3.17. The van der Waals surface area contributed by atoms with Gasteiger partial charge in [0, 0.05) is 12.4 Å². The van der Waals surface area contributed by atoms with Crippen molar-refractivity contribution in [3.8, 4) is 0 Å². The van der Waals surface area contributed by atoms with Crippen LogP contribution in [0.2, 0.25) is 0 Å². The van der Waals surface area contributed by atoms with Gasteiger partial charge in [-0.05, 0) is 19.3 Å². The van der Waals surface area contributed by atoms with E-state index in [0.717, 1.165) is 12.8 Å². The zero-order valence-corrected chi connectivity index (χ0v) is 21.3. The average molecular weight is 435 g/mol. The Bertz CT molecular complexity index is 445. The Balaban J connectivity index is 0. The molecule has 0 aliphatic heterocycles. The number of unbranched alkanes of at least 4 members (excludes halogenated alkanes) is 14. The van der Waals surface area contributed by atoms with Crippen LogP contribution < -0.4 is 45.1 Å². The molecule has 0 unspecified atom stereocenters. The van der Waals surface area contributed by atoms with E-state index in [-0.39, 0.29) is 48.3 Å². The van der Waals surface area contributed by atoms with Crippen LogP contribution >= 0.6 is 0 Å². The van der Waals surface area contributed by atoms with Crippen LogP contribution in [0.15, 0.2) is 0 Å². The standard InChI is InChI=1S/C23H43NO5.Na/c1-2-3-4-5-6-7-8-9-10-11-12-13-14-15-16-17-21(25)24-20(23(28)29)18-19-22(26)27;/h20H,2-19H2,1H3,(H,24,25)(H,26,27)(H,28,29);/q;+1/p-2/t20-;/m0./s1. The van der Waals surface area contributed by atoms with E-state index in [9.17, 15) is 24.6 Å². The predicted octanol–water partition coefficient (Wildman–Crippen LogP) is 0.0167. The van der Waals surface area contributed by atoms with E-state index in [0.29, 0.717) is 6.42 Å². The van der Waals surface area contributed by atoms with E-state index >= 15 is 0 Å². The van der Waals surface area contributed by atoms with Gasteiger partial charge in [-0.25, -0.2) is 0 Å². The molecule has 0 rings (SSSR count). The SMILES string of the molecule is CCCCCCCCCCCCCCCCCC(=O)N[C@@H](CCC(=O)[O-])C(=O)[O-].[Na+]. The van der Waals surface area contributed by atoms with Gasteiger partial charge in [0.2, 0.25) is 5.91 Å². The molecule has 0 aromatic carbocycles. The predicted molar refractivity (Wildman–Crippen MR) is 111 cm³/mol. The third kappa shape index (κ3) is 22.1. The third-order valence-corrected chi connectivity index (χ3v) is 5.26. The van der Waals surface area contributed by atoms with Crippen molar-refractivity contribution < 1.29 is 54.2 Å². The topological polar surface area (TPSA) is 109 Å². The first-order chi connectivity index (χ1) is 14.0. The van der Waals surface area contributed by atoms with Crippen LogP contribution in [-0.2, 0) is 14.4 Å². The summed E-state index contributed by atoms with van der Waals surface area (Å²) in [6.07, 6.45) is 18.3. The van der Waals surface area contributed by atoms with Crippen molar-refractivity contribution in [2.24, 2.45) is 0 Å². The molecule has 0 aliphatic carbocycles. The van der Waals surface area contributed by atoms with E-state index in [1.54, 1.807) is 0 Å². The number of hydrogen-bond acceptors (Lipinski definition) is 5. The van der Waals surface area contributed by atoms with Crippen molar-refractivity contribution in [2.75, 3.05) is 0 Å². The summed E-state index contributed by atoms with van der Waals surface area (Å²) in [4.78, 5) is 33.1. The Kier molecular flexibility index (Phi) is 24.3. The molecule has 0 fully saturated rings. The molecule has 0 saturated carbocycles. The maximum absolute atomic E-state index is 11.8. The second kappa shape index (κ2) is 23.1. The molecular formula is C23H41NNaO5-. The van der Waals surface area contributed by atoms with Gasteiger partial charge in [-0.1, -0.05) is 96.8 Å². The van der Waals surface area contributed by atoms with Gasteiger partial charge in [-0.15, -0.1) is 0 Å². The van der Waals surface area contributed by atoms with Crippen molar-refractivity contribution in [3.63, 3.8) is 0 Å². The smallest absolute Gasteiger partial charge is 0.550 e. The van der Waals surface area contributed by atoms with Crippen molar-refractivity contribution in [1.29, 1.82) is 0 Å². The van der Waals surface area contributed by atoms with Crippen LogP contribution in [0.4, 0.5) is 0 Å². The first-order valence-corrected chi connectivity index (χ1v) is 11.7. The molecule has 0 aromatic heterocycles. The molecule has 7 heteroatoms. The summed E-state index contributed by atoms with van der Waals surface area (Å²) in [6, 6.07) is -1.27. The number of carboxylic acids is 2. The van der Waals surface area contributed by atoms with Gasteiger partial charge in [0.05, 0.1) is 12.0 Å². The van der Waals surface area contributed by atoms with Gasteiger partial charge in [0.15, 0.2) is 0 Å². The number of nitrogens with one attached hydrogen (secondary N) is 1. The molecule has 0 bridgehead atoms. The maximum atomic E-state index is 11.8. The molecule has 0 heterocycles. The minimum Gasteiger partial charge on any atom is -0.550 e. The third-order valence-electron chi connectivity index (χ3n) is 5.26. The number of carboxylic acid groups (broad SMARTS) is 2. The Hall–Kier alpha value is -0.590. The summed E-state index contributed by atoms with van der Waals surface area (Å²) in [6.45, 7) is 2.25. The van der Waals surface area contributed by atoms with E-state index in [4.69, 9.17) is 0 Å². The zero-order valence-electron chi connectivity index (χ0n) is 19.3. The first kappa shape index (κ1) is 31.6. The molecule has 1 N–H and O–H groups in total. The minimum absolute atomic E-state index is 0. The number of carbonyl (C=O) groups excluding carboxylic acids is 3. The Morgan fingerprint density at radius 1 is 0.667 bits per heavy atom. The van der Waals surface area contributed by atoms with Crippen LogP contribution in [0.5, 0.6) is 0 Å². The summed E-state index contributed by atoms with van der Waals surface area (Å²) in [5, 5.41) is 23.7. The molecule has 6 nitrogen and oxygen atoms in total. The fourth-order valence-electron chi connectivity index (χ4n) is 3.43. The monoisotopic (exact) mass is 434 g/mol. The molecule has 0 saturated heterocycles.